The van der Waals surface area contributed by atoms with Crippen LogP contribution in [0.1, 0.15) is 303 Å². The Morgan fingerprint density at radius 2 is 0.552 bits per heavy atom. The van der Waals surface area contributed by atoms with Crippen molar-refractivity contribution < 1.29 is 28.6 Å². The summed E-state index contributed by atoms with van der Waals surface area (Å²) in [5.74, 6) is -0.927. The molecule has 0 unspecified atom stereocenters. The van der Waals surface area contributed by atoms with Crippen molar-refractivity contribution in [1.82, 2.24) is 0 Å². The standard InChI is InChI=1S/C61H110O6/c1-4-7-10-13-16-19-22-25-27-29-30-32-34-37-40-43-46-49-52-55-61(64)67-58(56-65-59(62)53-50-47-44-41-38-35-24-21-18-15-12-9-6-3)57-66-60(63)54-51-48-45-42-39-36-33-31-28-26-23-20-17-14-11-8-5-2/h17,20,26,28,33,36,42,45,58H,4-16,18-19,21-25,27,29-32,34-35,37-41,43-44,46-57H2,1-3H3/b20-17-,28-26-,36-33-,45-42-/t58-/m0/s1. The van der Waals surface area contributed by atoms with Gasteiger partial charge in [0.05, 0.1) is 0 Å². The van der Waals surface area contributed by atoms with Crippen LogP contribution in [0.2, 0.25) is 0 Å². The molecule has 0 amide bonds. The average molecular weight is 940 g/mol. The number of carbonyl (C=O) groups is 3. The zero-order valence-corrected chi connectivity index (χ0v) is 44.7. The summed E-state index contributed by atoms with van der Waals surface area (Å²) in [5.41, 5.74) is 0. The topological polar surface area (TPSA) is 78.9 Å². The summed E-state index contributed by atoms with van der Waals surface area (Å²) in [6.45, 7) is 6.60. The molecule has 0 radical (unpaired) electrons. The van der Waals surface area contributed by atoms with Crippen molar-refractivity contribution in [1.29, 1.82) is 0 Å². The summed E-state index contributed by atoms with van der Waals surface area (Å²) in [6.07, 6.45) is 68.2. The number of allylic oxidation sites excluding steroid dienone is 8. The third-order valence-electron chi connectivity index (χ3n) is 12.8. The van der Waals surface area contributed by atoms with Crippen LogP contribution in [-0.4, -0.2) is 37.2 Å². The van der Waals surface area contributed by atoms with Crippen molar-refractivity contribution in [2.75, 3.05) is 13.2 Å². The minimum absolute atomic E-state index is 0.0856. The molecule has 0 heterocycles. The monoisotopic (exact) mass is 939 g/mol. The zero-order valence-electron chi connectivity index (χ0n) is 44.7. The van der Waals surface area contributed by atoms with Crippen LogP contribution in [0.4, 0.5) is 0 Å². The normalized spacial score (nSPS) is 12.3. The van der Waals surface area contributed by atoms with Crippen LogP contribution in [0, 0.1) is 0 Å². The van der Waals surface area contributed by atoms with E-state index in [4.69, 9.17) is 14.2 Å². The van der Waals surface area contributed by atoms with Gasteiger partial charge in [0, 0.05) is 19.3 Å². The van der Waals surface area contributed by atoms with Gasteiger partial charge in [-0.3, -0.25) is 14.4 Å². The first kappa shape index (κ1) is 64.4. The summed E-state index contributed by atoms with van der Waals surface area (Å²) in [7, 11) is 0. The molecule has 390 valence electrons. The fraction of sp³-hybridized carbons (Fsp3) is 0.820. The molecule has 6 heteroatoms. The maximum absolute atomic E-state index is 12.9. The van der Waals surface area contributed by atoms with Gasteiger partial charge in [-0.15, -0.1) is 0 Å². The van der Waals surface area contributed by atoms with E-state index in [0.717, 1.165) is 64.2 Å². The summed E-state index contributed by atoms with van der Waals surface area (Å²) >= 11 is 0. The minimum Gasteiger partial charge on any atom is -0.462 e. The average Bonchev–Trinajstić information content (AvgIpc) is 3.33. The largest absolute Gasteiger partial charge is 0.462 e. The number of esters is 3. The molecule has 0 N–H and O–H groups in total. The molecule has 0 aromatic heterocycles. The summed E-state index contributed by atoms with van der Waals surface area (Å²) in [6, 6.07) is 0. The SMILES string of the molecule is CCCCC/C=C\C/C=C\C/C=C\C/C=C\CCCC(=O)OC[C@H](COC(=O)CCCCCCCCCCCCCCC)OC(=O)CCCCCCCCCCCCCCCCCCCCC. The molecule has 0 aliphatic rings. The molecular formula is C61H110O6. The molecule has 0 aliphatic heterocycles. The van der Waals surface area contributed by atoms with E-state index >= 15 is 0 Å². The Hall–Kier alpha value is -2.63. The Bertz CT molecular complexity index is 1170. The highest BCUT2D eigenvalue weighted by Gasteiger charge is 2.19. The van der Waals surface area contributed by atoms with Crippen LogP contribution in [-0.2, 0) is 28.6 Å². The van der Waals surface area contributed by atoms with Crippen molar-refractivity contribution in [2.24, 2.45) is 0 Å². The maximum atomic E-state index is 12.9. The van der Waals surface area contributed by atoms with E-state index in [1.165, 1.54) is 193 Å². The number of hydrogen-bond donors (Lipinski definition) is 0. The highest BCUT2D eigenvalue weighted by molar-refractivity contribution is 5.71. The molecule has 6 nitrogen and oxygen atoms in total. The van der Waals surface area contributed by atoms with Gasteiger partial charge in [-0.1, -0.05) is 275 Å². The van der Waals surface area contributed by atoms with Crippen molar-refractivity contribution in [2.45, 2.75) is 309 Å². The second kappa shape index (κ2) is 56.0. The van der Waals surface area contributed by atoms with Gasteiger partial charge >= 0.3 is 17.9 Å². The van der Waals surface area contributed by atoms with Crippen LogP contribution in [0.15, 0.2) is 48.6 Å². The predicted octanol–water partition coefficient (Wildman–Crippen LogP) is 19.4. The number of hydrogen-bond acceptors (Lipinski definition) is 6. The quantitative estimate of drug-likeness (QED) is 0.0262. The van der Waals surface area contributed by atoms with Crippen LogP contribution < -0.4 is 0 Å². The Balaban J connectivity index is 4.40. The van der Waals surface area contributed by atoms with Crippen molar-refractivity contribution in [3.8, 4) is 0 Å². The molecule has 0 aliphatic carbocycles. The summed E-state index contributed by atoms with van der Waals surface area (Å²) in [5, 5.41) is 0. The van der Waals surface area contributed by atoms with Crippen LogP contribution in [0.5, 0.6) is 0 Å². The lowest BCUT2D eigenvalue weighted by molar-refractivity contribution is -0.167. The summed E-state index contributed by atoms with van der Waals surface area (Å²) in [4.78, 5) is 38.1. The Kier molecular flexibility index (Phi) is 53.8. The van der Waals surface area contributed by atoms with Gasteiger partial charge < -0.3 is 14.2 Å². The molecule has 0 spiro atoms. The van der Waals surface area contributed by atoms with Gasteiger partial charge in [0.15, 0.2) is 6.10 Å². The molecule has 1 atom stereocenters. The third kappa shape index (κ3) is 54.2. The summed E-state index contributed by atoms with van der Waals surface area (Å²) < 4.78 is 16.8. The first-order chi connectivity index (χ1) is 33.0. The molecule has 0 aromatic carbocycles. The number of carbonyl (C=O) groups excluding carboxylic acids is 3. The van der Waals surface area contributed by atoms with Gasteiger partial charge in [-0.05, 0) is 57.8 Å². The van der Waals surface area contributed by atoms with Crippen LogP contribution >= 0.6 is 0 Å². The van der Waals surface area contributed by atoms with E-state index in [1.54, 1.807) is 0 Å². The van der Waals surface area contributed by atoms with Gasteiger partial charge in [0.25, 0.3) is 0 Å². The van der Waals surface area contributed by atoms with E-state index in [9.17, 15) is 14.4 Å². The molecule has 0 bridgehead atoms. The molecular weight excluding hydrogens is 829 g/mol. The Morgan fingerprint density at radius 1 is 0.299 bits per heavy atom. The molecule has 0 fully saturated rings. The van der Waals surface area contributed by atoms with Gasteiger partial charge in [0.2, 0.25) is 0 Å². The maximum Gasteiger partial charge on any atom is 0.306 e. The number of rotatable bonds is 53. The van der Waals surface area contributed by atoms with E-state index < -0.39 is 6.10 Å². The van der Waals surface area contributed by atoms with E-state index in [1.807, 2.05) is 0 Å². The first-order valence-electron chi connectivity index (χ1n) is 29.1. The Morgan fingerprint density at radius 3 is 0.896 bits per heavy atom. The van der Waals surface area contributed by atoms with E-state index in [-0.39, 0.29) is 37.5 Å². The molecule has 0 aromatic rings. The minimum atomic E-state index is -0.791. The van der Waals surface area contributed by atoms with E-state index in [2.05, 4.69) is 69.4 Å². The van der Waals surface area contributed by atoms with Gasteiger partial charge in [-0.25, -0.2) is 0 Å². The zero-order chi connectivity index (χ0) is 48.6. The highest BCUT2D eigenvalue weighted by atomic mass is 16.6. The number of unbranched alkanes of at least 4 members (excludes halogenated alkanes) is 34. The third-order valence-corrected chi connectivity index (χ3v) is 12.8. The Labute approximate surface area is 416 Å². The predicted molar refractivity (Wildman–Crippen MR) is 289 cm³/mol. The molecule has 67 heavy (non-hydrogen) atoms. The second-order valence-electron chi connectivity index (χ2n) is 19.6. The lowest BCUT2D eigenvalue weighted by Gasteiger charge is -2.18. The van der Waals surface area contributed by atoms with Crippen LogP contribution in [0.3, 0.4) is 0 Å². The first-order valence-corrected chi connectivity index (χ1v) is 29.1. The fourth-order valence-corrected chi connectivity index (χ4v) is 8.44. The lowest BCUT2D eigenvalue weighted by atomic mass is 10.0. The van der Waals surface area contributed by atoms with Crippen molar-refractivity contribution >= 4 is 17.9 Å². The van der Waals surface area contributed by atoms with E-state index in [0.29, 0.717) is 19.3 Å². The van der Waals surface area contributed by atoms with Gasteiger partial charge in [0.1, 0.15) is 13.2 Å². The fourth-order valence-electron chi connectivity index (χ4n) is 8.44. The highest BCUT2D eigenvalue weighted by Crippen LogP contribution is 2.17. The smallest absolute Gasteiger partial charge is 0.306 e. The van der Waals surface area contributed by atoms with Crippen molar-refractivity contribution in [3.05, 3.63) is 48.6 Å². The van der Waals surface area contributed by atoms with Crippen molar-refractivity contribution in [3.63, 3.8) is 0 Å². The number of ether oxygens (including phenoxy) is 3. The van der Waals surface area contributed by atoms with Gasteiger partial charge in [-0.2, -0.15) is 0 Å². The second-order valence-corrected chi connectivity index (χ2v) is 19.6. The molecule has 0 saturated carbocycles. The molecule has 0 rings (SSSR count). The molecule has 0 saturated heterocycles. The lowest BCUT2D eigenvalue weighted by Crippen LogP contribution is -2.30. The van der Waals surface area contributed by atoms with Crippen LogP contribution in [0.25, 0.3) is 0 Å².